The highest BCUT2D eigenvalue weighted by molar-refractivity contribution is 5.96. The maximum atomic E-state index is 13.4. The molecule has 3 aromatic rings. The summed E-state index contributed by atoms with van der Waals surface area (Å²) in [6, 6.07) is 11.7. The first-order chi connectivity index (χ1) is 12.1. The Morgan fingerprint density at radius 2 is 1.84 bits per heavy atom. The van der Waals surface area contributed by atoms with E-state index in [1.54, 1.807) is 24.3 Å². The molecule has 1 saturated heterocycles. The Bertz CT molecular complexity index is 941. The van der Waals surface area contributed by atoms with Gasteiger partial charge in [-0.15, -0.1) is 0 Å². The van der Waals surface area contributed by atoms with E-state index in [0.717, 1.165) is 0 Å². The van der Waals surface area contributed by atoms with Crippen molar-refractivity contribution < 1.29 is 18.1 Å². The standard InChI is InChI=1S/C18H13F2N3O2/c19-13-4-1-3-11(7-13)17-21-18(25-22-17)12-8-16(24)23(10-12)15-6-2-5-14(20)9-15/h1-7,9,12H,8,10H2. The minimum atomic E-state index is -0.403. The predicted octanol–water partition coefficient (Wildman–Crippen LogP) is 3.54. The molecule has 0 aliphatic carbocycles. The minimum Gasteiger partial charge on any atom is -0.339 e. The smallest absolute Gasteiger partial charge is 0.232 e. The average Bonchev–Trinajstić information content (AvgIpc) is 3.21. The molecule has 25 heavy (non-hydrogen) atoms. The van der Waals surface area contributed by atoms with Crippen molar-refractivity contribution in [2.24, 2.45) is 0 Å². The second-order valence-electron chi connectivity index (χ2n) is 5.85. The van der Waals surface area contributed by atoms with Gasteiger partial charge in [0.05, 0.1) is 5.92 Å². The molecule has 1 fully saturated rings. The van der Waals surface area contributed by atoms with Crippen LogP contribution in [-0.2, 0) is 4.79 Å². The van der Waals surface area contributed by atoms with E-state index in [0.29, 0.717) is 23.7 Å². The first kappa shape index (κ1) is 15.4. The Balaban J connectivity index is 1.57. The quantitative estimate of drug-likeness (QED) is 0.731. The summed E-state index contributed by atoms with van der Waals surface area (Å²) in [6.07, 6.45) is 0.196. The lowest BCUT2D eigenvalue weighted by Crippen LogP contribution is -2.24. The third-order valence-electron chi connectivity index (χ3n) is 4.12. The number of hydrogen-bond acceptors (Lipinski definition) is 4. The van der Waals surface area contributed by atoms with Gasteiger partial charge in [0.1, 0.15) is 11.6 Å². The molecule has 4 rings (SSSR count). The molecule has 126 valence electrons. The van der Waals surface area contributed by atoms with Gasteiger partial charge in [-0.3, -0.25) is 4.79 Å². The molecule has 5 nitrogen and oxygen atoms in total. The van der Waals surface area contributed by atoms with Gasteiger partial charge in [-0.25, -0.2) is 8.78 Å². The topological polar surface area (TPSA) is 59.2 Å². The second kappa shape index (κ2) is 6.08. The van der Waals surface area contributed by atoms with Crippen molar-refractivity contribution in [1.29, 1.82) is 0 Å². The van der Waals surface area contributed by atoms with Crippen LogP contribution in [0.2, 0.25) is 0 Å². The van der Waals surface area contributed by atoms with Gasteiger partial charge in [-0.1, -0.05) is 23.4 Å². The molecule has 0 saturated carbocycles. The number of halogens is 2. The van der Waals surface area contributed by atoms with E-state index in [4.69, 9.17) is 4.52 Å². The molecule has 0 spiro atoms. The largest absolute Gasteiger partial charge is 0.339 e. The van der Waals surface area contributed by atoms with E-state index in [2.05, 4.69) is 10.1 Å². The molecule has 1 amide bonds. The van der Waals surface area contributed by atoms with Gasteiger partial charge in [0, 0.05) is 24.2 Å². The molecule has 0 bridgehead atoms. The van der Waals surface area contributed by atoms with Crippen LogP contribution in [0.5, 0.6) is 0 Å². The Hall–Kier alpha value is -3.09. The number of rotatable bonds is 3. The predicted molar refractivity (Wildman–Crippen MR) is 85.8 cm³/mol. The zero-order valence-corrected chi connectivity index (χ0v) is 13.0. The van der Waals surface area contributed by atoms with Gasteiger partial charge < -0.3 is 9.42 Å². The Labute approximate surface area is 141 Å². The van der Waals surface area contributed by atoms with Crippen LogP contribution in [0.4, 0.5) is 14.5 Å². The molecular formula is C18H13F2N3O2. The van der Waals surface area contributed by atoms with E-state index < -0.39 is 11.6 Å². The molecule has 0 radical (unpaired) electrons. The summed E-state index contributed by atoms with van der Waals surface area (Å²) in [6.45, 7) is 0.326. The summed E-state index contributed by atoms with van der Waals surface area (Å²) >= 11 is 0. The number of benzene rings is 2. The number of nitrogens with zero attached hydrogens (tertiary/aromatic N) is 3. The zero-order chi connectivity index (χ0) is 17.4. The second-order valence-corrected chi connectivity index (χ2v) is 5.85. The summed E-state index contributed by atoms with van der Waals surface area (Å²) in [5.74, 6) is -0.638. The molecule has 7 heteroatoms. The summed E-state index contributed by atoms with van der Waals surface area (Å²) in [7, 11) is 0. The van der Waals surface area contributed by atoms with Crippen LogP contribution in [0.25, 0.3) is 11.4 Å². The normalized spacial score (nSPS) is 17.3. The molecule has 1 unspecified atom stereocenters. The molecule has 1 aromatic heterocycles. The van der Waals surface area contributed by atoms with Gasteiger partial charge >= 0.3 is 0 Å². The van der Waals surface area contributed by atoms with Crippen LogP contribution in [0.1, 0.15) is 18.2 Å². The molecule has 1 aliphatic rings. The van der Waals surface area contributed by atoms with E-state index in [9.17, 15) is 13.6 Å². The zero-order valence-electron chi connectivity index (χ0n) is 13.0. The fourth-order valence-electron chi connectivity index (χ4n) is 2.91. The molecule has 0 N–H and O–H groups in total. The van der Waals surface area contributed by atoms with E-state index in [1.165, 1.54) is 29.2 Å². The van der Waals surface area contributed by atoms with Crippen molar-refractivity contribution in [3.63, 3.8) is 0 Å². The average molecular weight is 341 g/mol. The molecule has 1 aliphatic heterocycles. The SMILES string of the molecule is O=C1CC(c2nc(-c3cccc(F)c3)no2)CN1c1cccc(F)c1. The lowest BCUT2D eigenvalue weighted by Gasteiger charge is -2.15. The summed E-state index contributed by atoms with van der Waals surface area (Å²) in [4.78, 5) is 18.0. The highest BCUT2D eigenvalue weighted by Crippen LogP contribution is 2.32. The first-order valence-electron chi connectivity index (χ1n) is 7.75. The number of hydrogen-bond donors (Lipinski definition) is 0. The van der Waals surface area contributed by atoms with Crippen molar-refractivity contribution >= 4 is 11.6 Å². The van der Waals surface area contributed by atoms with Crippen molar-refractivity contribution in [3.05, 3.63) is 66.1 Å². The Morgan fingerprint density at radius 1 is 1.08 bits per heavy atom. The lowest BCUT2D eigenvalue weighted by atomic mass is 10.1. The monoisotopic (exact) mass is 341 g/mol. The molecule has 2 heterocycles. The summed E-state index contributed by atoms with van der Waals surface area (Å²) in [5.41, 5.74) is 0.999. The van der Waals surface area contributed by atoms with E-state index in [1.807, 2.05) is 0 Å². The van der Waals surface area contributed by atoms with Gasteiger partial charge in [0.15, 0.2) is 0 Å². The van der Waals surface area contributed by atoms with Crippen molar-refractivity contribution in [2.75, 3.05) is 11.4 Å². The van der Waals surface area contributed by atoms with Crippen molar-refractivity contribution in [1.82, 2.24) is 10.1 Å². The number of carbonyl (C=O) groups excluding carboxylic acids is 1. The summed E-state index contributed by atoms with van der Waals surface area (Å²) in [5, 5.41) is 3.87. The molecule has 2 aromatic carbocycles. The minimum absolute atomic E-state index is 0.138. The van der Waals surface area contributed by atoms with Crippen LogP contribution in [0, 0.1) is 11.6 Å². The molecular weight excluding hydrogens is 328 g/mol. The van der Waals surface area contributed by atoms with Gasteiger partial charge in [0.2, 0.25) is 17.6 Å². The van der Waals surface area contributed by atoms with Crippen LogP contribution in [0.15, 0.2) is 53.1 Å². The van der Waals surface area contributed by atoms with Crippen LogP contribution in [-0.4, -0.2) is 22.6 Å². The third kappa shape index (κ3) is 3.00. The Kier molecular flexibility index (Phi) is 3.76. The number of carbonyl (C=O) groups is 1. The van der Waals surface area contributed by atoms with Crippen LogP contribution in [0.3, 0.4) is 0 Å². The van der Waals surface area contributed by atoms with Gasteiger partial charge in [-0.05, 0) is 30.3 Å². The van der Waals surface area contributed by atoms with Crippen LogP contribution < -0.4 is 4.90 Å². The first-order valence-corrected chi connectivity index (χ1v) is 7.75. The maximum Gasteiger partial charge on any atom is 0.232 e. The maximum absolute atomic E-state index is 13.4. The number of anilines is 1. The Morgan fingerprint density at radius 3 is 2.60 bits per heavy atom. The lowest BCUT2D eigenvalue weighted by molar-refractivity contribution is -0.117. The highest BCUT2D eigenvalue weighted by Gasteiger charge is 2.35. The van der Waals surface area contributed by atoms with E-state index >= 15 is 0 Å². The summed E-state index contributed by atoms with van der Waals surface area (Å²) < 4.78 is 32.0. The number of aromatic nitrogens is 2. The van der Waals surface area contributed by atoms with Gasteiger partial charge in [-0.2, -0.15) is 4.98 Å². The third-order valence-corrected chi connectivity index (χ3v) is 4.12. The van der Waals surface area contributed by atoms with Crippen molar-refractivity contribution in [3.8, 4) is 11.4 Å². The molecule has 1 atom stereocenters. The van der Waals surface area contributed by atoms with Crippen LogP contribution >= 0.6 is 0 Å². The fraction of sp³-hybridized carbons (Fsp3) is 0.167. The number of amides is 1. The van der Waals surface area contributed by atoms with Gasteiger partial charge in [0.25, 0.3) is 0 Å². The fourth-order valence-corrected chi connectivity index (χ4v) is 2.91. The highest BCUT2D eigenvalue weighted by atomic mass is 19.1. The van der Waals surface area contributed by atoms with Crippen molar-refractivity contribution in [2.45, 2.75) is 12.3 Å². The van der Waals surface area contributed by atoms with E-state index in [-0.39, 0.29) is 24.1 Å².